The zero-order valence-electron chi connectivity index (χ0n) is 25.4. The van der Waals surface area contributed by atoms with E-state index in [-0.39, 0.29) is 62.3 Å². The quantitative estimate of drug-likeness (QED) is 0.0840. The van der Waals surface area contributed by atoms with E-state index in [0.717, 1.165) is 18.6 Å². The number of rotatable bonds is 17. The van der Waals surface area contributed by atoms with Crippen molar-refractivity contribution in [2.24, 2.45) is 5.92 Å². The van der Waals surface area contributed by atoms with Crippen molar-refractivity contribution in [1.82, 2.24) is 31.9 Å². The Morgan fingerprint density at radius 2 is 1.70 bits per heavy atom. The number of fused-ring (bicyclic) bond motifs is 1. The van der Waals surface area contributed by atoms with Crippen LogP contribution < -0.4 is 31.9 Å². The van der Waals surface area contributed by atoms with E-state index in [9.17, 15) is 28.8 Å². The van der Waals surface area contributed by atoms with E-state index in [2.05, 4.69) is 31.9 Å². The van der Waals surface area contributed by atoms with Crippen LogP contribution in [-0.4, -0.2) is 83.7 Å². The molecule has 2 aliphatic heterocycles. The van der Waals surface area contributed by atoms with Crippen molar-refractivity contribution in [2.75, 3.05) is 18.8 Å². The summed E-state index contributed by atoms with van der Waals surface area (Å²) in [5, 5.41) is 17.1. The predicted molar refractivity (Wildman–Crippen MR) is 169 cm³/mol. The number of thioether (sulfide) groups is 1. The van der Waals surface area contributed by atoms with Crippen LogP contribution in [-0.2, 0) is 30.4 Å². The van der Waals surface area contributed by atoms with Crippen molar-refractivity contribution < 1.29 is 28.8 Å². The van der Waals surface area contributed by atoms with Gasteiger partial charge in [0.05, 0.1) is 18.6 Å². The van der Waals surface area contributed by atoms with Gasteiger partial charge in [0.1, 0.15) is 12.1 Å². The normalized spacial score (nSPS) is 20.1. The maximum absolute atomic E-state index is 13.3. The molecule has 2 saturated heterocycles. The lowest BCUT2D eigenvalue weighted by Crippen LogP contribution is -2.55. The number of amides is 6. The topological polar surface area (TPSA) is 175 Å². The van der Waals surface area contributed by atoms with Gasteiger partial charge in [-0.2, -0.15) is 11.8 Å². The van der Waals surface area contributed by atoms with Gasteiger partial charge in [-0.3, -0.25) is 24.0 Å². The molecule has 5 atom stereocenters. The molecule has 6 N–H and O–H groups in total. The fourth-order valence-electron chi connectivity index (χ4n) is 5.23. The standard InChI is InChI=1S/C30H43ClN6O6S/c1-4-32-29(42)27(40)20(14-18-9-11-19(31)12-10-18)35-28(41)21(13-17(2)3)34-25(39)15-33-24(38)8-6-5-7-23-26-22(16-44-23)36-30(43)37-26/h9-12,17,20-23,26H,4-8,13-16H2,1-3H3,(H,32,42)(H,33,38)(H,34,39)(H,35,41)(H2,36,37,43)/t20-,21-,22-,23?,26-/m0/s1. The molecule has 0 radical (unpaired) electrons. The minimum absolute atomic E-state index is 0.0242. The summed E-state index contributed by atoms with van der Waals surface area (Å²) in [6, 6.07) is 4.75. The molecule has 242 valence electrons. The fourth-order valence-corrected chi connectivity index (χ4v) is 6.90. The first-order valence-corrected chi connectivity index (χ1v) is 16.5. The van der Waals surface area contributed by atoms with Gasteiger partial charge in [-0.05, 0) is 49.8 Å². The molecular weight excluding hydrogens is 608 g/mol. The molecular formula is C30H43ClN6O6S. The summed E-state index contributed by atoms with van der Waals surface area (Å²) in [6.07, 6.45) is 2.95. The number of unbranched alkanes of at least 4 members (excludes halogenated alkanes) is 1. The second kappa shape index (κ2) is 17.2. The van der Waals surface area contributed by atoms with E-state index >= 15 is 0 Å². The Labute approximate surface area is 267 Å². The SMILES string of the molecule is CCNC(=O)C(=O)[C@H](Cc1ccc(Cl)cc1)NC(=O)[C@H](CC(C)C)NC(=O)CNC(=O)CCCCC1SC[C@@H]2NC(=O)N[C@H]12. The second-order valence-corrected chi connectivity index (χ2v) is 13.2. The molecule has 14 heteroatoms. The van der Waals surface area contributed by atoms with Crippen LogP contribution in [0, 0.1) is 5.92 Å². The number of halogens is 1. The fraction of sp³-hybridized carbons (Fsp3) is 0.600. The molecule has 0 saturated carbocycles. The summed E-state index contributed by atoms with van der Waals surface area (Å²) in [5.41, 5.74) is 0.693. The van der Waals surface area contributed by atoms with Crippen molar-refractivity contribution >= 4 is 58.8 Å². The third-order valence-electron chi connectivity index (χ3n) is 7.43. The number of Topliss-reactive ketones (excluding diaryl/α,β-unsaturated/α-hetero) is 1. The van der Waals surface area contributed by atoms with E-state index in [0.29, 0.717) is 22.3 Å². The van der Waals surface area contributed by atoms with Gasteiger partial charge in [-0.25, -0.2) is 4.79 Å². The Morgan fingerprint density at radius 3 is 2.39 bits per heavy atom. The Hall–Kier alpha value is -3.32. The maximum Gasteiger partial charge on any atom is 0.315 e. The molecule has 0 aromatic heterocycles. The van der Waals surface area contributed by atoms with Crippen LogP contribution >= 0.6 is 23.4 Å². The highest BCUT2D eigenvalue weighted by Gasteiger charge is 2.42. The first-order valence-electron chi connectivity index (χ1n) is 15.1. The molecule has 1 unspecified atom stereocenters. The van der Waals surface area contributed by atoms with Crippen LogP contribution in [0.25, 0.3) is 0 Å². The molecule has 6 amide bonds. The summed E-state index contributed by atoms with van der Waals surface area (Å²) in [4.78, 5) is 75.2. The van der Waals surface area contributed by atoms with Crippen LogP contribution in [0.2, 0.25) is 5.02 Å². The highest BCUT2D eigenvalue weighted by atomic mass is 35.5. The van der Waals surface area contributed by atoms with Crippen LogP contribution in [0.5, 0.6) is 0 Å². The minimum atomic E-state index is -1.16. The number of likely N-dealkylation sites (N-methyl/N-ethyl adjacent to an activating group) is 1. The Bertz CT molecular complexity index is 1200. The highest BCUT2D eigenvalue weighted by Crippen LogP contribution is 2.33. The van der Waals surface area contributed by atoms with Gasteiger partial charge in [0.2, 0.25) is 23.5 Å². The Balaban J connectivity index is 1.48. The number of benzene rings is 1. The van der Waals surface area contributed by atoms with E-state index in [1.807, 2.05) is 25.6 Å². The number of carbonyl (C=O) groups is 6. The van der Waals surface area contributed by atoms with Crippen LogP contribution in [0.4, 0.5) is 4.79 Å². The molecule has 1 aromatic rings. The van der Waals surface area contributed by atoms with Gasteiger partial charge in [-0.15, -0.1) is 0 Å². The molecule has 44 heavy (non-hydrogen) atoms. The summed E-state index contributed by atoms with van der Waals surface area (Å²) in [7, 11) is 0. The largest absolute Gasteiger partial charge is 0.350 e. The van der Waals surface area contributed by atoms with Crippen molar-refractivity contribution in [3.8, 4) is 0 Å². The van der Waals surface area contributed by atoms with E-state index < -0.39 is 35.6 Å². The number of carbonyl (C=O) groups excluding carboxylic acids is 6. The van der Waals surface area contributed by atoms with Gasteiger partial charge in [-0.1, -0.05) is 44.0 Å². The summed E-state index contributed by atoms with van der Waals surface area (Å²) >= 11 is 7.79. The third-order valence-corrected chi connectivity index (χ3v) is 9.19. The lowest BCUT2D eigenvalue weighted by Gasteiger charge is -2.24. The predicted octanol–water partition coefficient (Wildman–Crippen LogP) is 1.45. The van der Waals surface area contributed by atoms with Crippen molar-refractivity contribution in [3.63, 3.8) is 0 Å². The molecule has 0 bridgehead atoms. The minimum Gasteiger partial charge on any atom is -0.350 e. The maximum atomic E-state index is 13.3. The smallest absolute Gasteiger partial charge is 0.315 e. The van der Waals surface area contributed by atoms with Gasteiger partial charge in [0, 0.05) is 35.4 Å². The third kappa shape index (κ3) is 11.0. The van der Waals surface area contributed by atoms with E-state index in [4.69, 9.17) is 11.6 Å². The van der Waals surface area contributed by atoms with Crippen LogP contribution in [0.1, 0.15) is 58.4 Å². The number of nitrogens with one attached hydrogen (secondary N) is 6. The zero-order valence-corrected chi connectivity index (χ0v) is 26.9. The number of ketones is 1. The van der Waals surface area contributed by atoms with Crippen LogP contribution in [0.3, 0.4) is 0 Å². The molecule has 1 aromatic carbocycles. The van der Waals surface area contributed by atoms with Crippen molar-refractivity contribution in [2.45, 2.75) is 88.7 Å². The summed E-state index contributed by atoms with van der Waals surface area (Å²) in [6.45, 7) is 5.42. The van der Waals surface area contributed by atoms with Crippen molar-refractivity contribution in [3.05, 3.63) is 34.9 Å². The molecule has 2 fully saturated rings. The number of urea groups is 1. The van der Waals surface area contributed by atoms with Gasteiger partial charge < -0.3 is 31.9 Å². The summed E-state index contributed by atoms with van der Waals surface area (Å²) in [5.74, 6) is -2.12. The number of hydrogen-bond acceptors (Lipinski definition) is 7. The van der Waals surface area contributed by atoms with E-state index in [1.165, 1.54) is 0 Å². The molecule has 0 spiro atoms. The van der Waals surface area contributed by atoms with Gasteiger partial charge in [0.15, 0.2) is 0 Å². The molecule has 0 aliphatic carbocycles. The second-order valence-electron chi connectivity index (χ2n) is 11.5. The van der Waals surface area contributed by atoms with Crippen molar-refractivity contribution in [1.29, 1.82) is 0 Å². The lowest BCUT2D eigenvalue weighted by atomic mass is 9.99. The monoisotopic (exact) mass is 650 g/mol. The number of hydrogen-bond donors (Lipinski definition) is 6. The van der Waals surface area contributed by atoms with Crippen LogP contribution in [0.15, 0.2) is 24.3 Å². The Kier molecular flexibility index (Phi) is 13.8. The molecule has 12 nitrogen and oxygen atoms in total. The summed E-state index contributed by atoms with van der Waals surface area (Å²) < 4.78 is 0. The molecule has 2 heterocycles. The Morgan fingerprint density at radius 1 is 0.977 bits per heavy atom. The average Bonchev–Trinajstić information content (AvgIpc) is 3.53. The first kappa shape index (κ1) is 35.2. The highest BCUT2D eigenvalue weighted by molar-refractivity contribution is 8.00. The van der Waals surface area contributed by atoms with Gasteiger partial charge in [0.25, 0.3) is 5.91 Å². The van der Waals surface area contributed by atoms with E-state index in [1.54, 1.807) is 31.2 Å². The lowest BCUT2D eigenvalue weighted by molar-refractivity contribution is -0.140. The van der Waals surface area contributed by atoms with Gasteiger partial charge >= 0.3 is 6.03 Å². The zero-order chi connectivity index (χ0) is 32.2. The average molecular weight is 651 g/mol. The first-order chi connectivity index (χ1) is 21.0. The molecule has 3 rings (SSSR count). The molecule has 2 aliphatic rings.